The topological polar surface area (TPSA) is 84.2 Å². The van der Waals surface area contributed by atoms with Crippen LogP contribution < -0.4 is 5.32 Å². The largest absolute Gasteiger partial charge is 0.440 e. The third-order valence-electron chi connectivity index (χ3n) is 4.11. The summed E-state index contributed by atoms with van der Waals surface area (Å²) in [5.74, 6) is 0.827. The number of rotatable bonds is 2. The fourth-order valence-corrected chi connectivity index (χ4v) is 3.53. The highest BCUT2D eigenvalue weighted by Crippen LogP contribution is 2.29. The number of amides is 2. The molecular weight excluding hydrogens is 326 g/mol. The first-order valence-electron chi connectivity index (χ1n) is 7.90. The second-order valence-electron chi connectivity index (χ2n) is 5.86. The number of aryl methyl sites for hydroxylation is 1. The molecule has 1 aliphatic heterocycles. The van der Waals surface area contributed by atoms with Crippen LogP contribution in [0.15, 0.2) is 28.7 Å². The molecule has 1 saturated heterocycles. The molecule has 0 aliphatic carbocycles. The van der Waals surface area contributed by atoms with E-state index in [1.807, 2.05) is 31.2 Å². The molecule has 1 N–H and O–H groups in total. The van der Waals surface area contributed by atoms with Crippen LogP contribution >= 0.6 is 11.3 Å². The lowest BCUT2D eigenvalue weighted by atomic mass is 9.98. The number of para-hydroxylation sites is 2. The van der Waals surface area contributed by atoms with Gasteiger partial charge in [-0.25, -0.2) is 9.78 Å². The van der Waals surface area contributed by atoms with E-state index in [-0.39, 0.29) is 11.9 Å². The first-order valence-corrected chi connectivity index (χ1v) is 8.72. The van der Waals surface area contributed by atoms with E-state index >= 15 is 0 Å². The van der Waals surface area contributed by atoms with Crippen molar-refractivity contribution in [3.63, 3.8) is 0 Å². The number of likely N-dealkylation sites (tertiary alicyclic amines) is 1. The van der Waals surface area contributed by atoms with Gasteiger partial charge in [-0.3, -0.25) is 5.32 Å². The Morgan fingerprint density at radius 3 is 3.04 bits per heavy atom. The summed E-state index contributed by atoms with van der Waals surface area (Å²) < 4.78 is 5.87. The van der Waals surface area contributed by atoms with E-state index in [2.05, 4.69) is 20.5 Å². The van der Waals surface area contributed by atoms with Gasteiger partial charge in [0.1, 0.15) is 10.5 Å². The molecule has 2 amide bonds. The molecule has 124 valence electrons. The zero-order valence-corrected chi connectivity index (χ0v) is 14.0. The molecule has 1 aromatic carbocycles. The molecule has 3 aromatic rings. The van der Waals surface area contributed by atoms with Crippen molar-refractivity contribution >= 4 is 33.6 Å². The highest BCUT2D eigenvalue weighted by atomic mass is 32.1. The molecule has 8 heteroatoms. The summed E-state index contributed by atoms with van der Waals surface area (Å²) >= 11 is 1.37. The van der Waals surface area contributed by atoms with Crippen molar-refractivity contribution in [3.8, 4) is 0 Å². The lowest BCUT2D eigenvalue weighted by Gasteiger charge is -2.30. The van der Waals surface area contributed by atoms with Crippen LogP contribution in [0.3, 0.4) is 0 Å². The smallest absolute Gasteiger partial charge is 0.323 e. The monoisotopic (exact) mass is 343 g/mol. The Labute approximate surface area is 142 Å². The maximum absolute atomic E-state index is 12.4. The lowest BCUT2D eigenvalue weighted by molar-refractivity contribution is 0.187. The molecule has 0 spiro atoms. The van der Waals surface area contributed by atoms with Gasteiger partial charge in [0.25, 0.3) is 0 Å². The number of fused-ring (bicyclic) bond motifs is 1. The minimum absolute atomic E-state index is 0.119. The zero-order valence-electron chi connectivity index (χ0n) is 13.2. The molecule has 1 fully saturated rings. The normalized spacial score (nSPS) is 18.0. The van der Waals surface area contributed by atoms with Gasteiger partial charge in [0.15, 0.2) is 11.5 Å². The maximum atomic E-state index is 12.4. The van der Waals surface area contributed by atoms with Gasteiger partial charge in [-0.05, 0) is 31.9 Å². The summed E-state index contributed by atoms with van der Waals surface area (Å²) in [5.41, 5.74) is 1.65. The van der Waals surface area contributed by atoms with E-state index in [0.29, 0.717) is 17.6 Å². The van der Waals surface area contributed by atoms with Gasteiger partial charge >= 0.3 is 6.03 Å². The SMILES string of the molecule is Cc1nnc(NC(=O)N2CCCC(c3nc4ccccc4o3)C2)s1. The molecular formula is C16H17N5O2S. The van der Waals surface area contributed by atoms with Gasteiger partial charge in [-0.2, -0.15) is 0 Å². The Balaban J connectivity index is 1.47. The van der Waals surface area contributed by atoms with Crippen molar-refractivity contribution in [1.82, 2.24) is 20.1 Å². The molecule has 0 bridgehead atoms. The van der Waals surface area contributed by atoms with E-state index in [0.717, 1.165) is 35.5 Å². The van der Waals surface area contributed by atoms with Crippen LogP contribution in [0, 0.1) is 6.92 Å². The minimum Gasteiger partial charge on any atom is -0.440 e. The lowest BCUT2D eigenvalue weighted by Crippen LogP contribution is -2.41. The number of carbonyl (C=O) groups is 1. The van der Waals surface area contributed by atoms with Crippen molar-refractivity contribution in [1.29, 1.82) is 0 Å². The standard InChI is InChI=1S/C16H17N5O2S/c1-10-19-20-15(24-10)18-16(22)21-8-4-5-11(9-21)14-17-12-6-2-3-7-13(12)23-14/h2-3,6-7,11H,4-5,8-9H2,1H3,(H,18,20,22). The second kappa shape index (κ2) is 6.20. The zero-order chi connectivity index (χ0) is 16.5. The van der Waals surface area contributed by atoms with Gasteiger partial charge in [0.05, 0.1) is 5.92 Å². The number of piperidine rings is 1. The number of carbonyl (C=O) groups excluding carboxylic acids is 1. The number of urea groups is 1. The number of oxazole rings is 1. The molecule has 1 unspecified atom stereocenters. The Morgan fingerprint density at radius 2 is 2.25 bits per heavy atom. The molecule has 7 nitrogen and oxygen atoms in total. The van der Waals surface area contributed by atoms with Gasteiger partial charge in [0, 0.05) is 13.1 Å². The fraction of sp³-hybridized carbons (Fsp3) is 0.375. The summed E-state index contributed by atoms with van der Waals surface area (Å²) in [4.78, 5) is 18.8. The molecule has 2 aromatic heterocycles. The van der Waals surface area contributed by atoms with E-state index in [1.54, 1.807) is 4.90 Å². The Bertz CT molecular complexity index is 841. The van der Waals surface area contributed by atoms with Crippen molar-refractivity contribution in [2.45, 2.75) is 25.7 Å². The maximum Gasteiger partial charge on any atom is 0.323 e. The third kappa shape index (κ3) is 2.96. The second-order valence-corrected chi connectivity index (χ2v) is 7.04. The number of nitrogens with one attached hydrogen (secondary N) is 1. The number of aromatic nitrogens is 3. The molecule has 0 saturated carbocycles. The Kier molecular flexibility index (Phi) is 3.89. The number of hydrogen-bond donors (Lipinski definition) is 1. The molecule has 3 heterocycles. The summed E-state index contributed by atoms with van der Waals surface area (Å²) in [7, 11) is 0. The third-order valence-corrected chi connectivity index (χ3v) is 4.86. The molecule has 24 heavy (non-hydrogen) atoms. The Hall–Kier alpha value is -2.48. The van der Waals surface area contributed by atoms with E-state index < -0.39 is 0 Å². The summed E-state index contributed by atoms with van der Waals surface area (Å²) in [5, 5.41) is 12.0. The van der Waals surface area contributed by atoms with Crippen LogP contribution in [0.4, 0.5) is 9.93 Å². The van der Waals surface area contributed by atoms with Crippen molar-refractivity contribution in [3.05, 3.63) is 35.2 Å². The average molecular weight is 343 g/mol. The number of nitrogens with zero attached hydrogens (tertiary/aromatic N) is 4. The first-order chi connectivity index (χ1) is 11.7. The van der Waals surface area contributed by atoms with Gasteiger partial charge in [-0.15, -0.1) is 10.2 Å². The number of anilines is 1. The summed E-state index contributed by atoms with van der Waals surface area (Å²) in [6.07, 6.45) is 1.89. The van der Waals surface area contributed by atoms with Gasteiger partial charge in [0.2, 0.25) is 5.13 Å². The minimum atomic E-state index is -0.146. The quantitative estimate of drug-likeness (QED) is 0.771. The summed E-state index contributed by atoms with van der Waals surface area (Å²) in [6.45, 7) is 3.17. The Morgan fingerprint density at radius 1 is 1.38 bits per heavy atom. The van der Waals surface area contributed by atoms with Gasteiger partial charge < -0.3 is 9.32 Å². The van der Waals surface area contributed by atoms with E-state index in [4.69, 9.17) is 4.42 Å². The first kappa shape index (κ1) is 15.1. The van der Waals surface area contributed by atoms with Crippen molar-refractivity contribution in [2.24, 2.45) is 0 Å². The molecule has 1 atom stereocenters. The molecule has 1 aliphatic rings. The number of benzene rings is 1. The van der Waals surface area contributed by atoms with E-state index in [1.165, 1.54) is 11.3 Å². The molecule has 4 rings (SSSR count). The predicted molar refractivity (Wildman–Crippen MR) is 91.2 cm³/mol. The summed E-state index contributed by atoms with van der Waals surface area (Å²) in [6, 6.07) is 7.58. The van der Waals surface area contributed by atoms with E-state index in [9.17, 15) is 4.79 Å². The highest BCUT2D eigenvalue weighted by molar-refractivity contribution is 7.15. The van der Waals surface area contributed by atoms with Crippen LogP contribution in [-0.2, 0) is 0 Å². The molecule has 0 radical (unpaired) electrons. The van der Waals surface area contributed by atoms with Crippen LogP contribution in [0.5, 0.6) is 0 Å². The van der Waals surface area contributed by atoms with Crippen molar-refractivity contribution < 1.29 is 9.21 Å². The van der Waals surface area contributed by atoms with Crippen LogP contribution in [0.1, 0.15) is 29.7 Å². The average Bonchev–Trinajstić information content (AvgIpc) is 3.21. The van der Waals surface area contributed by atoms with Crippen molar-refractivity contribution in [2.75, 3.05) is 18.4 Å². The van der Waals surface area contributed by atoms with Crippen LogP contribution in [-0.4, -0.2) is 39.2 Å². The van der Waals surface area contributed by atoms with Crippen LogP contribution in [0.2, 0.25) is 0 Å². The number of hydrogen-bond acceptors (Lipinski definition) is 6. The predicted octanol–water partition coefficient (Wildman–Crippen LogP) is 3.40. The fourth-order valence-electron chi connectivity index (χ4n) is 2.95. The van der Waals surface area contributed by atoms with Gasteiger partial charge in [-0.1, -0.05) is 23.5 Å². The van der Waals surface area contributed by atoms with Crippen LogP contribution in [0.25, 0.3) is 11.1 Å². The highest BCUT2D eigenvalue weighted by Gasteiger charge is 2.28.